The fourth-order valence-corrected chi connectivity index (χ4v) is 1.30. The molecular weight excluding hydrogens is 222 g/mol. The lowest BCUT2D eigenvalue weighted by atomic mass is 10.1. The van der Waals surface area contributed by atoms with Gasteiger partial charge in [0.25, 0.3) is 0 Å². The molecule has 0 saturated carbocycles. The predicted molar refractivity (Wildman–Crippen MR) is 62.5 cm³/mol. The van der Waals surface area contributed by atoms with Crippen molar-refractivity contribution in [2.75, 3.05) is 5.32 Å². The van der Waals surface area contributed by atoms with Gasteiger partial charge in [0, 0.05) is 23.4 Å². The molecule has 1 unspecified atom stereocenters. The van der Waals surface area contributed by atoms with Crippen molar-refractivity contribution in [1.29, 1.82) is 0 Å². The van der Waals surface area contributed by atoms with Crippen LogP contribution in [-0.2, 0) is 9.59 Å². The predicted octanol–water partition coefficient (Wildman–Crippen LogP) is 1.32. The molecule has 5 heteroatoms. The van der Waals surface area contributed by atoms with Gasteiger partial charge in [-0.25, -0.2) is 4.79 Å². The lowest BCUT2D eigenvalue weighted by molar-refractivity contribution is -0.131. The maximum absolute atomic E-state index is 11.3. The fourth-order valence-electron chi connectivity index (χ4n) is 1.30. The maximum Gasteiger partial charge on any atom is 0.328 e. The van der Waals surface area contributed by atoms with Crippen LogP contribution in [0.25, 0.3) is 0 Å². The van der Waals surface area contributed by atoms with Crippen LogP contribution >= 0.6 is 0 Å². The third-order valence-corrected chi connectivity index (χ3v) is 2.05. The second-order valence-corrected chi connectivity index (χ2v) is 3.42. The van der Waals surface area contributed by atoms with Crippen LogP contribution in [0.15, 0.2) is 36.4 Å². The number of rotatable bonds is 4. The van der Waals surface area contributed by atoms with Gasteiger partial charge in [-0.1, -0.05) is 18.2 Å². The Morgan fingerprint density at radius 2 is 1.94 bits per heavy atom. The molecule has 0 heterocycles. The van der Waals surface area contributed by atoms with Crippen molar-refractivity contribution in [3.05, 3.63) is 42.0 Å². The number of nitrogens with one attached hydrogen (secondary N) is 1. The fraction of sp³-hybridized carbons (Fsp3) is 0.167. The Bertz CT molecular complexity index is 452. The number of aliphatic carboxylic acids is 1. The summed E-state index contributed by atoms with van der Waals surface area (Å²) >= 11 is 0. The summed E-state index contributed by atoms with van der Waals surface area (Å²) in [6.45, 7) is 1.58. The molecule has 17 heavy (non-hydrogen) atoms. The molecule has 0 aliphatic rings. The molecule has 3 N–H and O–H groups in total. The minimum atomic E-state index is -1.19. The minimum absolute atomic E-state index is 0.461. The molecule has 90 valence electrons. The summed E-state index contributed by atoms with van der Waals surface area (Å²) in [5, 5.41) is 20.3. The van der Waals surface area contributed by atoms with Crippen molar-refractivity contribution in [1.82, 2.24) is 0 Å². The number of hydrogen-bond acceptors (Lipinski definition) is 3. The standard InChI is InChI=1S/C12H13NO4/c1-8(14)9-4-2-3-5-10(9)13-11(15)6-7-12(16)17/h2-8,14H,1H3,(H,13,15)(H,16,17). The van der Waals surface area contributed by atoms with Crippen molar-refractivity contribution < 1.29 is 19.8 Å². The summed E-state index contributed by atoms with van der Waals surface area (Å²) in [5.74, 6) is -1.75. The lowest BCUT2D eigenvalue weighted by Gasteiger charge is -2.11. The monoisotopic (exact) mass is 235 g/mol. The molecule has 1 aromatic rings. The highest BCUT2D eigenvalue weighted by atomic mass is 16.4. The highest BCUT2D eigenvalue weighted by molar-refractivity contribution is 6.02. The first-order chi connectivity index (χ1) is 8.00. The molecule has 1 amide bonds. The number of benzene rings is 1. The van der Waals surface area contributed by atoms with E-state index in [1.807, 2.05) is 0 Å². The normalized spacial score (nSPS) is 12.4. The van der Waals surface area contributed by atoms with Gasteiger partial charge in [-0.2, -0.15) is 0 Å². The summed E-state index contributed by atoms with van der Waals surface area (Å²) in [6.07, 6.45) is 0.955. The number of carbonyl (C=O) groups excluding carboxylic acids is 1. The quantitative estimate of drug-likeness (QED) is 0.687. The van der Waals surface area contributed by atoms with Crippen LogP contribution in [0.2, 0.25) is 0 Å². The SMILES string of the molecule is CC(O)c1ccccc1NC(=O)C=CC(=O)O. The average Bonchev–Trinajstić information content (AvgIpc) is 2.27. The van der Waals surface area contributed by atoms with Gasteiger partial charge in [0.05, 0.1) is 6.10 Å². The van der Waals surface area contributed by atoms with E-state index in [9.17, 15) is 14.7 Å². The third kappa shape index (κ3) is 4.08. The van der Waals surface area contributed by atoms with E-state index in [1.54, 1.807) is 31.2 Å². The molecule has 0 spiro atoms. The zero-order valence-corrected chi connectivity index (χ0v) is 9.25. The number of para-hydroxylation sites is 1. The van der Waals surface area contributed by atoms with Crippen molar-refractivity contribution >= 4 is 17.6 Å². The second kappa shape index (κ2) is 5.81. The van der Waals surface area contributed by atoms with Gasteiger partial charge >= 0.3 is 5.97 Å². The van der Waals surface area contributed by atoms with E-state index in [-0.39, 0.29) is 0 Å². The van der Waals surface area contributed by atoms with Crippen LogP contribution < -0.4 is 5.32 Å². The first kappa shape index (κ1) is 12.9. The van der Waals surface area contributed by atoms with Gasteiger partial charge < -0.3 is 15.5 Å². The molecule has 0 radical (unpaired) electrons. The Hall–Kier alpha value is -2.14. The van der Waals surface area contributed by atoms with E-state index in [0.717, 1.165) is 12.2 Å². The first-order valence-electron chi connectivity index (χ1n) is 4.99. The molecule has 1 rings (SSSR count). The number of carbonyl (C=O) groups is 2. The molecule has 0 aliphatic carbocycles. The van der Waals surface area contributed by atoms with Crippen LogP contribution in [-0.4, -0.2) is 22.1 Å². The van der Waals surface area contributed by atoms with Crippen LogP contribution in [0.3, 0.4) is 0 Å². The summed E-state index contributed by atoms with van der Waals surface area (Å²) in [5.41, 5.74) is 1.03. The van der Waals surface area contributed by atoms with Gasteiger partial charge in [0.15, 0.2) is 0 Å². The summed E-state index contributed by atoms with van der Waals surface area (Å²) < 4.78 is 0. The summed E-state index contributed by atoms with van der Waals surface area (Å²) in [6, 6.07) is 6.77. The van der Waals surface area contributed by atoms with Crippen LogP contribution in [0.5, 0.6) is 0 Å². The molecular formula is C12H13NO4. The zero-order chi connectivity index (χ0) is 12.8. The first-order valence-corrected chi connectivity index (χ1v) is 4.99. The van der Waals surface area contributed by atoms with E-state index < -0.39 is 18.0 Å². The molecule has 0 aliphatic heterocycles. The number of aliphatic hydroxyl groups excluding tert-OH is 1. The van der Waals surface area contributed by atoms with Crippen LogP contribution in [0.1, 0.15) is 18.6 Å². The van der Waals surface area contributed by atoms with Gasteiger partial charge in [-0.05, 0) is 13.0 Å². The van der Waals surface area contributed by atoms with E-state index in [1.165, 1.54) is 0 Å². The molecule has 0 fully saturated rings. The maximum atomic E-state index is 11.3. The van der Waals surface area contributed by atoms with Gasteiger partial charge in [0.1, 0.15) is 0 Å². The highest BCUT2D eigenvalue weighted by Gasteiger charge is 2.08. The number of hydrogen-bond donors (Lipinski definition) is 3. The van der Waals surface area contributed by atoms with E-state index in [0.29, 0.717) is 11.3 Å². The average molecular weight is 235 g/mol. The summed E-state index contributed by atoms with van der Waals surface area (Å²) in [7, 11) is 0. The van der Waals surface area contributed by atoms with E-state index >= 15 is 0 Å². The summed E-state index contributed by atoms with van der Waals surface area (Å²) in [4.78, 5) is 21.6. The molecule has 1 atom stereocenters. The minimum Gasteiger partial charge on any atom is -0.478 e. The molecule has 0 aromatic heterocycles. The van der Waals surface area contributed by atoms with Gasteiger partial charge in [-0.15, -0.1) is 0 Å². The molecule has 0 bridgehead atoms. The Kier molecular flexibility index (Phi) is 4.42. The van der Waals surface area contributed by atoms with E-state index in [4.69, 9.17) is 5.11 Å². The number of anilines is 1. The Labute approximate surface area is 98.4 Å². The van der Waals surface area contributed by atoms with E-state index in [2.05, 4.69) is 5.32 Å². The van der Waals surface area contributed by atoms with Crippen molar-refractivity contribution in [3.63, 3.8) is 0 Å². The second-order valence-electron chi connectivity index (χ2n) is 3.42. The lowest BCUT2D eigenvalue weighted by Crippen LogP contribution is -2.11. The largest absolute Gasteiger partial charge is 0.478 e. The Balaban J connectivity index is 2.81. The van der Waals surface area contributed by atoms with Crippen molar-refractivity contribution in [3.8, 4) is 0 Å². The topological polar surface area (TPSA) is 86.6 Å². The number of carboxylic acid groups (broad SMARTS) is 1. The highest BCUT2D eigenvalue weighted by Crippen LogP contribution is 2.21. The smallest absolute Gasteiger partial charge is 0.328 e. The molecule has 5 nitrogen and oxygen atoms in total. The van der Waals surface area contributed by atoms with Crippen LogP contribution in [0.4, 0.5) is 5.69 Å². The molecule has 1 aromatic carbocycles. The Morgan fingerprint density at radius 1 is 1.29 bits per heavy atom. The van der Waals surface area contributed by atoms with Crippen molar-refractivity contribution in [2.24, 2.45) is 0 Å². The number of carboxylic acids is 1. The van der Waals surface area contributed by atoms with Gasteiger partial charge in [-0.3, -0.25) is 4.79 Å². The van der Waals surface area contributed by atoms with Crippen molar-refractivity contribution in [2.45, 2.75) is 13.0 Å². The van der Waals surface area contributed by atoms with Crippen LogP contribution in [0, 0.1) is 0 Å². The Morgan fingerprint density at radius 3 is 2.53 bits per heavy atom. The zero-order valence-electron chi connectivity index (χ0n) is 9.25. The number of amides is 1. The number of aliphatic hydroxyl groups is 1. The third-order valence-electron chi connectivity index (χ3n) is 2.05. The molecule has 0 saturated heterocycles. The van der Waals surface area contributed by atoms with Gasteiger partial charge in [0.2, 0.25) is 5.91 Å².